The van der Waals surface area contributed by atoms with Crippen LogP contribution in [0.15, 0.2) is 60.3 Å². The number of carbonyl (C=O) groups is 1. The molecule has 0 bridgehead atoms. The van der Waals surface area contributed by atoms with Gasteiger partial charge in [-0.3, -0.25) is 4.79 Å². The molecule has 0 saturated heterocycles. The smallest absolute Gasteiger partial charge is 0.250 e. The molecule has 4 N–H and O–H groups in total. The molecule has 0 spiro atoms. The van der Waals surface area contributed by atoms with Crippen LogP contribution in [0.1, 0.15) is 54.7 Å². The zero-order valence-electron chi connectivity index (χ0n) is 19.0. The minimum atomic E-state index is -1.37. The van der Waals surface area contributed by atoms with Gasteiger partial charge < -0.3 is 15.9 Å². The van der Waals surface area contributed by atoms with Crippen molar-refractivity contribution in [1.29, 1.82) is 0 Å². The van der Waals surface area contributed by atoms with Crippen molar-refractivity contribution in [3.63, 3.8) is 0 Å². The number of nitrogens with two attached hydrogens (primary N) is 1. The third kappa shape index (κ3) is 3.56. The monoisotopic (exact) mass is 461 g/mol. The van der Waals surface area contributed by atoms with Crippen molar-refractivity contribution in [3.8, 4) is 5.69 Å². The van der Waals surface area contributed by atoms with Crippen LogP contribution < -0.4 is 5.73 Å². The van der Waals surface area contributed by atoms with Gasteiger partial charge in [-0.25, -0.2) is 9.07 Å². The first-order valence-electron chi connectivity index (χ1n) is 11.5. The lowest BCUT2D eigenvalue weighted by atomic mass is 9.65. The largest absolute Gasteiger partial charge is 0.389 e. The quantitative estimate of drug-likeness (QED) is 0.522. The number of hydrogen-bond acceptors (Lipinski definition) is 4. The van der Waals surface area contributed by atoms with Crippen molar-refractivity contribution in [2.45, 2.75) is 50.7 Å². The van der Waals surface area contributed by atoms with E-state index in [0.29, 0.717) is 31.2 Å². The summed E-state index contributed by atoms with van der Waals surface area (Å²) in [5.74, 6) is -1.08. The maximum Gasteiger partial charge on any atom is 0.250 e. The second-order valence-electron chi connectivity index (χ2n) is 9.66. The Labute approximate surface area is 197 Å². The highest BCUT2D eigenvalue weighted by atomic mass is 19.1. The van der Waals surface area contributed by atoms with Crippen LogP contribution in [0, 0.1) is 11.2 Å². The number of aliphatic hydroxyl groups excluding tert-OH is 1. The Balaban J connectivity index is 1.42. The number of halogens is 1. The lowest BCUT2D eigenvalue weighted by Gasteiger charge is -2.42. The molecule has 2 aromatic carbocycles. The Kier molecular flexibility index (Phi) is 5.41. The molecule has 1 saturated carbocycles. The Morgan fingerprint density at radius 2 is 1.97 bits per heavy atom. The van der Waals surface area contributed by atoms with Gasteiger partial charge in [0, 0.05) is 5.41 Å². The standard InChI is InChI=1S/C27H28FN3O3/c1-26-15-18-16-30-31(21-8-6-20(28)7-9-21)23(18)14-19(26)11-13-27(26,34)12-10-17-4-2-3-5-22(17)24(32)25(29)33/h2-9,14,16,24,32,34H,10-13,15H2,1H3,(H2,29,33)/t24?,26-,27-/m0/s1. The molecule has 0 radical (unpaired) electrons. The maximum atomic E-state index is 13.4. The molecular weight excluding hydrogens is 433 g/mol. The van der Waals surface area contributed by atoms with Crippen LogP contribution in [-0.4, -0.2) is 31.5 Å². The number of benzene rings is 2. The summed E-state index contributed by atoms with van der Waals surface area (Å²) in [6.07, 6.45) is 5.64. The number of aromatic nitrogens is 2. The third-order valence-corrected chi connectivity index (χ3v) is 7.78. The third-order valence-electron chi connectivity index (χ3n) is 7.78. The molecule has 0 aliphatic heterocycles. The summed E-state index contributed by atoms with van der Waals surface area (Å²) in [4.78, 5) is 11.5. The van der Waals surface area contributed by atoms with Crippen molar-refractivity contribution in [2.24, 2.45) is 11.1 Å². The molecule has 34 heavy (non-hydrogen) atoms. The lowest BCUT2D eigenvalue weighted by molar-refractivity contribution is -0.126. The minimum absolute atomic E-state index is 0.290. The number of rotatable bonds is 6. The molecule has 2 aliphatic rings. The normalized spacial score (nSPS) is 24.3. The Hall–Kier alpha value is -3.29. The molecule has 6 nitrogen and oxygen atoms in total. The van der Waals surface area contributed by atoms with Crippen LogP contribution in [-0.2, 0) is 17.6 Å². The van der Waals surface area contributed by atoms with Gasteiger partial charge in [0.25, 0.3) is 5.91 Å². The van der Waals surface area contributed by atoms with Gasteiger partial charge >= 0.3 is 0 Å². The van der Waals surface area contributed by atoms with E-state index < -0.39 is 23.0 Å². The van der Waals surface area contributed by atoms with E-state index in [2.05, 4.69) is 18.1 Å². The van der Waals surface area contributed by atoms with Gasteiger partial charge in [-0.1, -0.05) is 36.8 Å². The van der Waals surface area contributed by atoms with E-state index in [4.69, 9.17) is 5.73 Å². The van der Waals surface area contributed by atoms with Gasteiger partial charge in [0.2, 0.25) is 0 Å². The summed E-state index contributed by atoms with van der Waals surface area (Å²) in [6.45, 7) is 2.11. The Morgan fingerprint density at radius 1 is 1.24 bits per heavy atom. The van der Waals surface area contributed by atoms with Crippen LogP contribution in [0.2, 0.25) is 0 Å². The molecule has 1 unspecified atom stereocenters. The number of carbonyl (C=O) groups excluding carboxylic acids is 1. The fraction of sp³-hybridized carbons (Fsp3) is 0.333. The fourth-order valence-corrected chi connectivity index (χ4v) is 5.64. The van der Waals surface area contributed by atoms with Gasteiger partial charge in [0.05, 0.1) is 23.2 Å². The number of aliphatic hydroxyl groups is 2. The highest BCUT2D eigenvalue weighted by Crippen LogP contribution is 2.56. The molecule has 1 fully saturated rings. The van der Waals surface area contributed by atoms with Crippen LogP contribution in [0.3, 0.4) is 0 Å². The molecule has 3 atom stereocenters. The fourth-order valence-electron chi connectivity index (χ4n) is 5.64. The molecular formula is C27H28FN3O3. The van der Waals surface area contributed by atoms with Gasteiger partial charge in [-0.2, -0.15) is 5.10 Å². The molecule has 176 valence electrons. The molecule has 1 amide bonds. The summed E-state index contributed by atoms with van der Waals surface area (Å²) in [6, 6.07) is 13.4. The number of nitrogens with zero attached hydrogens (tertiary/aromatic N) is 2. The summed E-state index contributed by atoms with van der Waals surface area (Å²) in [5.41, 5.74) is 9.20. The van der Waals surface area contributed by atoms with Crippen molar-refractivity contribution in [2.75, 3.05) is 0 Å². The van der Waals surface area contributed by atoms with E-state index in [-0.39, 0.29) is 5.82 Å². The Morgan fingerprint density at radius 3 is 2.71 bits per heavy atom. The first-order chi connectivity index (χ1) is 16.2. The molecule has 1 heterocycles. The van der Waals surface area contributed by atoms with E-state index in [1.165, 1.54) is 17.7 Å². The van der Waals surface area contributed by atoms with E-state index in [9.17, 15) is 19.4 Å². The first-order valence-corrected chi connectivity index (χ1v) is 11.5. The van der Waals surface area contributed by atoms with E-state index in [1.54, 1.807) is 24.3 Å². The average molecular weight is 462 g/mol. The summed E-state index contributed by atoms with van der Waals surface area (Å²) in [7, 11) is 0. The van der Waals surface area contributed by atoms with Gasteiger partial charge in [0.15, 0.2) is 6.10 Å². The molecule has 7 heteroatoms. The predicted octanol–water partition coefficient (Wildman–Crippen LogP) is 3.63. The van der Waals surface area contributed by atoms with Crippen molar-refractivity contribution in [1.82, 2.24) is 9.78 Å². The van der Waals surface area contributed by atoms with E-state index in [0.717, 1.165) is 28.9 Å². The Bertz CT molecular complexity index is 1280. The average Bonchev–Trinajstić information content (AvgIpc) is 3.34. The minimum Gasteiger partial charge on any atom is -0.389 e. The second-order valence-corrected chi connectivity index (χ2v) is 9.66. The highest BCUT2D eigenvalue weighted by molar-refractivity contribution is 5.80. The molecule has 3 aromatic rings. The van der Waals surface area contributed by atoms with Crippen molar-refractivity contribution < 1.29 is 19.4 Å². The predicted molar refractivity (Wildman–Crippen MR) is 126 cm³/mol. The first kappa shape index (κ1) is 22.5. The van der Waals surface area contributed by atoms with Gasteiger partial charge in [-0.15, -0.1) is 0 Å². The van der Waals surface area contributed by atoms with E-state index >= 15 is 0 Å². The van der Waals surface area contributed by atoms with Crippen molar-refractivity contribution >= 4 is 12.0 Å². The lowest BCUT2D eigenvalue weighted by Crippen LogP contribution is -2.45. The van der Waals surface area contributed by atoms with E-state index in [1.807, 2.05) is 23.0 Å². The zero-order valence-corrected chi connectivity index (χ0v) is 19.0. The van der Waals surface area contributed by atoms with Crippen molar-refractivity contribution in [3.05, 3.63) is 88.5 Å². The van der Waals surface area contributed by atoms with Crippen LogP contribution in [0.5, 0.6) is 0 Å². The molecule has 1 aromatic heterocycles. The maximum absolute atomic E-state index is 13.4. The summed E-state index contributed by atoms with van der Waals surface area (Å²) < 4.78 is 15.2. The number of amides is 1. The summed E-state index contributed by atoms with van der Waals surface area (Å²) in [5, 5.41) is 26.6. The second kappa shape index (κ2) is 8.18. The summed E-state index contributed by atoms with van der Waals surface area (Å²) >= 11 is 0. The van der Waals surface area contributed by atoms with Gasteiger partial charge in [0.1, 0.15) is 5.82 Å². The van der Waals surface area contributed by atoms with Crippen LogP contribution in [0.25, 0.3) is 11.8 Å². The zero-order chi connectivity index (χ0) is 24.1. The number of hydrogen-bond donors (Lipinski definition) is 3. The number of primary amides is 1. The number of fused-ring (bicyclic) bond motifs is 2. The van der Waals surface area contributed by atoms with Crippen LogP contribution >= 0.6 is 0 Å². The van der Waals surface area contributed by atoms with Crippen LogP contribution in [0.4, 0.5) is 4.39 Å². The highest BCUT2D eigenvalue weighted by Gasteiger charge is 2.54. The molecule has 5 rings (SSSR count). The number of aryl methyl sites for hydroxylation is 1. The molecule has 2 aliphatic carbocycles. The topological polar surface area (TPSA) is 101 Å². The van der Waals surface area contributed by atoms with Gasteiger partial charge in [-0.05, 0) is 79.1 Å². The SMILES string of the molecule is C[C@]12Cc3cnn(-c4ccc(F)cc4)c3C=C1CC[C@@]2(O)CCc1ccccc1C(O)C(N)=O.